The van der Waals surface area contributed by atoms with Crippen molar-refractivity contribution in [2.24, 2.45) is 5.92 Å². The predicted octanol–water partition coefficient (Wildman–Crippen LogP) is 2.33. The molecule has 3 unspecified atom stereocenters. The van der Waals surface area contributed by atoms with Crippen molar-refractivity contribution in [1.82, 2.24) is 10.2 Å². The lowest BCUT2D eigenvalue weighted by Crippen LogP contribution is -2.65. The quantitative estimate of drug-likeness (QED) is 0.803. The van der Waals surface area contributed by atoms with E-state index in [1.54, 1.807) is 0 Å². The van der Waals surface area contributed by atoms with Crippen molar-refractivity contribution in [3.63, 3.8) is 0 Å². The van der Waals surface area contributed by atoms with Crippen LogP contribution >= 0.6 is 0 Å². The monoisotopic (exact) mass is 268 g/mol. The topological polar surface area (TPSA) is 49.4 Å². The Hall–Kier alpha value is -1.06. The average molecular weight is 268 g/mol. The highest BCUT2D eigenvalue weighted by atomic mass is 16.2. The van der Waals surface area contributed by atoms with Gasteiger partial charge in [0.15, 0.2) is 0 Å². The molecule has 1 heterocycles. The van der Waals surface area contributed by atoms with Crippen LogP contribution < -0.4 is 5.32 Å². The van der Waals surface area contributed by atoms with E-state index in [-0.39, 0.29) is 29.9 Å². The van der Waals surface area contributed by atoms with E-state index in [9.17, 15) is 9.59 Å². The van der Waals surface area contributed by atoms with Gasteiger partial charge in [-0.2, -0.15) is 0 Å². The second-order valence-electron chi connectivity index (χ2n) is 5.96. The Kier molecular flexibility index (Phi) is 5.83. The lowest BCUT2D eigenvalue weighted by atomic mass is 9.95. The van der Waals surface area contributed by atoms with Crippen LogP contribution in [0.3, 0.4) is 0 Å². The molecular formula is C15H28N2O2. The maximum atomic E-state index is 12.6. The molecule has 2 amide bonds. The number of rotatable bonds is 6. The molecular weight excluding hydrogens is 240 g/mol. The second-order valence-corrected chi connectivity index (χ2v) is 5.96. The summed E-state index contributed by atoms with van der Waals surface area (Å²) >= 11 is 0. The van der Waals surface area contributed by atoms with Crippen LogP contribution in [0.1, 0.15) is 60.3 Å². The molecule has 0 aliphatic carbocycles. The third-order valence-corrected chi connectivity index (χ3v) is 3.86. The summed E-state index contributed by atoms with van der Waals surface area (Å²) in [5, 5.41) is 2.87. The summed E-state index contributed by atoms with van der Waals surface area (Å²) in [5.74, 6) is 0.483. The van der Waals surface area contributed by atoms with Crippen molar-refractivity contribution >= 4 is 11.8 Å². The largest absolute Gasteiger partial charge is 0.343 e. The Morgan fingerprint density at radius 1 is 1.26 bits per heavy atom. The van der Waals surface area contributed by atoms with Gasteiger partial charge in [0.05, 0.1) is 0 Å². The van der Waals surface area contributed by atoms with Gasteiger partial charge in [-0.05, 0) is 32.1 Å². The number of piperazine rings is 1. The van der Waals surface area contributed by atoms with Crippen molar-refractivity contribution in [3.8, 4) is 0 Å². The van der Waals surface area contributed by atoms with Crippen molar-refractivity contribution in [1.29, 1.82) is 0 Å². The zero-order valence-electron chi connectivity index (χ0n) is 12.9. The summed E-state index contributed by atoms with van der Waals surface area (Å²) in [6, 6.07) is -0.491. The maximum absolute atomic E-state index is 12.6. The number of amides is 2. The van der Waals surface area contributed by atoms with Gasteiger partial charge in [-0.3, -0.25) is 9.59 Å². The summed E-state index contributed by atoms with van der Waals surface area (Å²) in [4.78, 5) is 26.5. The SMILES string of the molecule is CCCC(CC)N1C(=O)C(CC(C)C)NC(=O)C1C. The number of nitrogens with one attached hydrogen (secondary N) is 1. The standard InChI is InChI=1S/C15H28N2O2/c1-6-8-12(7-2)17-11(5)14(18)16-13(15(17)19)9-10(3)4/h10-13H,6-9H2,1-5H3,(H,16,18). The van der Waals surface area contributed by atoms with Gasteiger partial charge in [0.2, 0.25) is 11.8 Å². The van der Waals surface area contributed by atoms with Gasteiger partial charge >= 0.3 is 0 Å². The van der Waals surface area contributed by atoms with Gasteiger partial charge in [-0.15, -0.1) is 0 Å². The molecule has 0 saturated carbocycles. The molecule has 0 aromatic heterocycles. The molecule has 1 aliphatic rings. The van der Waals surface area contributed by atoms with Gasteiger partial charge in [0.25, 0.3) is 0 Å². The second kappa shape index (κ2) is 6.92. The van der Waals surface area contributed by atoms with Gasteiger partial charge < -0.3 is 10.2 Å². The Labute approximate surface area is 116 Å². The van der Waals surface area contributed by atoms with Crippen molar-refractivity contribution in [2.75, 3.05) is 0 Å². The molecule has 0 spiro atoms. The number of nitrogens with zero attached hydrogens (tertiary/aromatic N) is 1. The Bertz CT molecular complexity index is 328. The minimum Gasteiger partial charge on any atom is -0.343 e. The van der Waals surface area contributed by atoms with Crippen LogP contribution in [0.25, 0.3) is 0 Å². The molecule has 110 valence electrons. The fourth-order valence-corrected chi connectivity index (χ4v) is 2.85. The Balaban J connectivity index is 2.91. The highest BCUT2D eigenvalue weighted by molar-refractivity contribution is 5.96. The first-order chi connectivity index (χ1) is 8.92. The molecule has 4 nitrogen and oxygen atoms in total. The molecule has 19 heavy (non-hydrogen) atoms. The van der Waals surface area contributed by atoms with Gasteiger partial charge in [0, 0.05) is 6.04 Å². The normalized spacial score (nSPS) is 25.7. The van der Waals surface area contributed by atoms with Crippen molar-refractivity contribution < 1.29 is 9.59 Å². The van der Waals surface area contributed by atoms with Crippen LogP contribution in [0, 0.1) is 5.92 Å². The number of carbonyl (C=O) groups excluding carboxylic acids is 2. The molecule has 0 aromatic carbocycles. The Morgan fingerprint density at radius 3 is 2.37 bits per heavy atom. The molecule has 0 radical (unpaired) electrons. The summed E-state index contributed by atoms with van der Waals surface area (Å²) in [6.07, 6.45) is 3.63. The average Bonchev–Trinajstić information content (AvgIpc) is 2.34. The van der Waals surface area contributed by atoms with E-state index in [1.165, 1.54) is 0 Å². The summed E-state index contributed by atoms with van der Waals surface area (Å²) in [7, 11) is 0. The molecule has 1 saturated heterocycles. The summed E-state index contributed by atoms with van der Waals surface area (Å²) in [5.41, 5.74) is 0. The first kappa shape index (κ1) is 16.0. The highest BCUT2D eigenvalue weighted by Gasteiger charge is 2.40. The molecule has 0 aromatic rings. The van der Waals surface area contributed by atoms with E-state index in [4.69, 9.17) is 0 Å². The smallest absolute Gasteiger partial charge is 0.246 e. The lowest BCUT2D eigenvalue weighted by molar-refractivity contribution is -0.152. The van der Waals surface area contributed by atoms with Crippen LogP contribution in [0.2, 0.25) is 0 Å². The van der Waals surface area contributed by atoms with E-state index in [0.29, 0.717) is 5.92 Å². The first-order valence-electron chi connectivity index (χ1n) is 7.54. The van der Waals surface area contributed by atoms with Gasteiger partial charge in [0.1, 0.15) is 12.1 Å². The maximum Gasteiger partial charge on any atom is 0.246 e. The summed E-state index contributed by atoms with van der Waals surface area (Å²) in [6.45, 7) is 10.2. The third kappa shape index (κ3) is 3.71. The van der Waals surface area contributed by atoms with Crippen LogP contribution in [0.4, 0.5) is 0 Å². The van der Waals surface area contributed by atoms with E-state index in [2.05, 4.69) is 33.0 Å². The fourth-order valence-electron chi connectivity index (χ4n) is 2.85. The van der Waals surface area contributed by atoms with Crippen molar-refractivity contribution in [3.05, 3.63) is 0 Å². The van der Waals surface area contributed by atoms with E-state index in [1.807, 2.05) is 11.8 Å². The third-order valence-electron chi connectivity index (χ3n) is 3.86. The fraction of sp³-hybridized carbons (Fsp3) is 0.867. The van der Waals surface area contributed by atoms with Gasteiger partial charge in [-0.1, -0.05) is 34.1 Å². The number of hydrogen-bond donors (Lipinski definition) is 1. The van der Waals surface area contributed by atoms with E-state index in [0.717, 1.165) is 25.7 Å². The molecule has 0 bridgehead atoms. The predicted molar refractivity (Wildman–Crippen MR) is 76.7 cm³/mol. The van der Waals surface area contributed by atoms with Crippen LogP contribution in [0.5, 0.6) is 0 Å². The van der Waals surface area contributed by atoms with Crippen LogP contribution in [-0.4, -0.2) is 34.8 Å². The van der Waals surface area contributed by atoms with Crippen molar-refractivity contribution in [2.45, 2.75) is 78.4 Å². The van der Waals surface area contributed by atoms with Gasteiger partial charge in [-0.25, -0.2) is 0 Å². The zero-order chi connectivity index (χ0) is 14.6. The minimum atomic E-state index is -0.340. The van der Waals surface area contributed by atoms with E-state index >= 15 is 0 Å². The minimum absolute atomic E-state index is 0.0141. The molecule has 4 heteroatoms. The highest BCUT2D eigenvalue weighted by Crippen LogP contribution is 2.22. The van der Waals surface area contributed by atoms with Crippen LogP contribution in [-0.2, 0) is 9.59 Å². The molecule has 3 atom stereocenters. The summed E-state index contributed by atoms with van der Waals surface area (Å²) < 4.78 is 0. The zero-order valence-corrected chi connectivity index (χ0v) is 12.9. The molecule has 1 rings (SSSR count). The van der Waals surface area contributed by atoms with Crippen LogP contribution in [0.15, 0.2) is 0 Å². The lowest BCUT2D eigenvalue weighted by Gasteiger charge is -2.42. The number of hydrogen-bond acceptors (Lipinski definition) is 2. The van der Waals surface area contributed by atoms with E-state index < -0.39 is 0 Å². The molecule has 1 aliphatic heterocycles. The Morgan fingerprint density at radius 2 is 1.89 bits per heavy atom. The first-order valence-corrected chi connectivity index (χ1v) is 7.54. The molecule has 1 N–H and O–H groups in total. The number of carbonyl (C=O) groups is 2. The molecule has 1 fully saturated rings.